The van der Waals surface area contributed by atoms with Crippen molar-refractivity contribution in [2.24, 2.45) is 0 Å². The maximum absolute atomic E-state index is 11.1. The molecule has 0 N–H and O–H groups in total. The molecule has 0 atom stereocenters. The van der Waals surface area contributed by atoms with E-state index in [1.165, 1.54) is 0 Å². The lowest BCUT2D eigenvalue weighted by Gasteiger charge is -1.92. The van der Waals surface area contributed by atoms with E-state index >= 15 is 0 Å². The molecule has 1 aromatic carbocycles. The van der Waals surface area contributed by atoms with Crippen LogP contribution in [0.2, 0.25) is 0 Å². The van der Waals surface area contributed by atoms with Crippen LogP contribution in [-0.2, 0) is 14.3 Å². The van der Waals surface area contributed by atoms with Gasteiger partial charge in [0.05, 0.1) is 6.42 Å². The van der Waals surface area contributed by atoms with Crippen molar-refractivity contribution in [1.82, 2.24) is 0 Å². The molecule has 0 unspecified atom stereocenters. The van der Waals surface area contributed by atoms with Crippen LogP contribution in [-0.4, -0.2) is 11.9 Å². The molecule has 70 valence electrons. The van der Waals surface area contributed by atoms with E-state index in [2.05, 4.69) is 4.74 Å². The molecule has 3 heteroatoms. The minimum Gasteiger partial charge on any atom is -0.389 e. The lowest BCUT2D eigenvalue weighted by molar-refractivity contribution is -0.151. The van der Waals surface area contributed by atoms with Crippen LogP contribution in [0.1, 0.15) is 12.0 Å². The SMILES string of the molecule is O=C1C/C(=C/c2ccccc2)C(=O)O1. The molecule has 0 amide bonds. The third-order valence-corrected chi connectivity index (χ3v) is 1.94. The van der Waals surface area contributed by atoms with Gasteiger partial charge >= 0.3 is 11.9 Å². The van der Waals surface area contributed by atoms with Crippen LogP contribution in [0.15, 0.2) is 35.9 Å². The number of cyclic esters (lactones) is 2. The highest BCUT2D eigenvalue weighted by molar-refractivity contribution is 6.08. The van der Waals surface area contributed by atoms with Crippen LogP contribution in [0, 0.1) is 0 Å². The lowest BCUT2D eigenvalue weighted by atomic mass is 10.1. The molecule has 0 saturated carbocycles. The van der Waals surface area contributed by atoms with Gasteiger partial charge in [-0.3, -0.25) is 4.79 Å². The van der Waals surface area contributed by atoms with Gasteiger partial charge in [-0.15, -0.1) is 0 Å². The minimum atomic E-state index is -0.529. The van der Waals surface area contributed by atoms with Gasteiger partial charge in [-0.1, -0.05) is 30.3 Å². The molecule has 0 bridgehead atoms. The second kappa shape index (κ2) is 3.46. The number of ether oxygens (including phenoxy) is 1. The Morgan fingerprint density at radius 2 is 1.86 bits per heavy atom. The third kappa shape index (κ3) is 1.71. The molecule has 0 spiro atoms. The molecule has 14 heavy (non-hydrogen) atoms. The van der Waals surface area contributed by atoms with Crippen molar-refractivity contribution < 1.29 is 14.3 Å². The summed E-state index contributed by atoms with van der Waals surface area (Å²) in [6.45, 7) is 0. The van der Waals surface area contributed by atoms with Crippen LogP contribution < -0.4 is 0 Å². The standard InChI is InChI=1S/C11H8O3/c12-10-7-9(11(13)14-10)6-8-4-2-1-3-5-8/h1-6H,7H2/b9-6-. The fraction of sp³-hybridized carbons (Fsp3) is 0.0909. The Hall–Kier alpha value is -1.90. The monoisotopic (exact) mass is 188 g/mol. The fourth-order valence-electron chi connectivity index (χ4n) is 1.29. The second-order valence-corrected chi connectivity index (χ2v) is 3.02. The van der Waals surface area contributed by atoms with Crippen LogP contribution in [0.5, 0.6) is 0 Å². The minimum absolute atomic E-state index is 0.0771. The van der Waals surface area contributed by atoms with Gasteiger partial charge in [-0.25, -0.2) is 4.79 Å². The van der Waals surface area contributed by atoms with Crippen molar-refractivity contribution in [1.29, 1.82) is 0 Å². The molecule has 3 nitrogen and oxygen atoms in total. The quantitative estimate of drug-likeness (QED) is 0.381. The van der Waals surface area contributed by atoms with Crippen molar-refractivity contribution in [2.45, 2.75) is 6.42 Å². The van der Waals surface area contributed by atoms with Gasteiger partial charge in [0.25, 0.3) is 0 Å². The van der Waals surface area contributed by atoms with Crippen LogP contribution in [0.3, 0.4) is 0 Å². The molecule has 1 fully saturated rings. The maximum Gasteiger partial charge on any atom is 0.342 e. The highest BCUT2D eigenvalue weighted by atomic mass is 16.6. The van der Waals surface area contributed by atoms with Crippen molar-refractivity contribution >= 4 is 18.0 Å². The Balaban J connectivity index is 2.28. The first kappa shape index (κ1) is 8.69. The van der Waals surface area contributed by atoms with Gasteiger partial charge in [0.2, 0.25) is 0 Å². The van der Waals surface area contributed by atoms with E-state index in [0.29, 0.717) is 5.57 Å². The maximum atomic E-state index is 11.1. The van der Waals surface area contributed by atoms with Gasteiger partial charge in [0, 0.05) is 5.57 Å². The molecule has 1 heterocycles. The number of esters is 2. The van der Waals surface area contributed by atoms with Crippen LogP contribution in [0.25, 0.3) is 6.08 Å². The fourth-order valence-corrected chi connectivity index (χ4v) is 1.29. The number of carbonyl (C=O) groups is 2. The van der Waals surface area contributed by atoms with E-state index in [4.69, 9.17) is 0 Å². The molecular weight excluding hydrogens is 180 g/mol. The Bertz CT molecular complexity index is 404. The van der Waals surface area contributed by atoms with Crippen molar-refractivity contribution in [3.05, 3.63) is 41.5 Å². The Labute approximate surface area is 81.0 Å². The van der Waals surface area contributed by atoms with Gasteiger partial charge in [0.15, 0.2) is 0 Å². The van der Waals surface area contributed by atoms with Crippen LogP contribution in [0.4, 0.5) is 0 Å². The van der Waals surface area contributed by atoms with E-state index in [1.807, 2.05) is 30.3 Å². The van der Waals surface area contributed by atoms with E-state index in [0.717, 1.165) is 5.56 Å². The summed E-state index contributed by atoms with van der Waals surface area (Å²) < 4.78 is 4.40. The predicted molar refractivity (Wildman–Crippen MR) is 50.1 cm³/mol. The first-order valence-electron chi connectivity index (χ1n) is 4.26. The summed E-state index contributed by atoms with van der Waals surface area (Å²) in [6.07, 6.45) is 1.75. The normalized spacial score (nSPS) is 18.7. The zero-order valence-electron chi connectivity index (χ0n) is 7.40. The first-order chi connectivity index (χ1) is 6.75. The first-order valence-corrected chi connectivity index (χ1v) is 4.26. The van der Waals surface area contributed by atoms with E-state index in [9.17, 15) is 9.59 Å². The molecule has 2 rings (SSSR count). The predicted octanol–water partition coefficient (Wildman–Crippen LogP) is 1.54. The lowest BCUT2D eigenvalue weighted by Crippen LogP contribution is -1.96. The third-order valence-electron chi connectivity index (χ3n) is 1.94. The summed E-state index contributed by atoms with van der Waals surface area (Å²) in [7, 11) is 0. The summed E-state index contributed by atoms with van der Waals surface area (Å²) in [4.78, 5) is 21.8. The number of rotatable bonds is 1. The number of benzene rings is 1. The van der Waals surface area contributed by atoms with E-state index < -0.39 is 11.9 Å². The highest BCUT2D eigenvalue weighted by Crippen LogP contribution is 2.17. The molecule has 0 aromatic heterocycles. The largest absolute Gasteiger partial charge is 0.389 e. The molecule has 0 radical (unpaired) electrons. The van der Waals surface area contributed by atoms with E-state index in [1.54, 1.807) is 6.08 Å². The Kier molecular flexibility index (Phi) is 2.14. The van der Waals surface area contributed by atoms with Crippen LogP contribution >= 0.6 is 0 Å². The van der Waals surface area contributed by atoms with Gasteiger partial charge < -0.3 is 4.74 Å². The van der Waals surface area contributed by atoms with Crippen molar-refractivity contribution in [2.75, 3.05) is 0 Å². The molecule has 1 aliphatic heterocycles. The van der Waals surface area contributed by atoms with Gasteiger partial charge in [-0.2, -0.15) is 0 Å². The summed E-state index contributed by atoms with van der Waals surface area (Å²) in [5.41, 5.74) is 1.32. The molecule has 0 aliphatic carbocycles. The summed E-state index contributed by atoms with van der Waals surface area (Å²) in [5, 5.41) is 0. The number of hydrogen-bond donors (Lipinski definition) is 0. The van der Waals surface area contributed by atoms with Gasteiger partial charge in [0.1, 0.15) is 0 Å². The Morgan fingerprint density at radius 1 is 1.14 bits per heavy atom. The average molecular weight is 188 g/mol. The molecule has 1 saturated heterocycles. The summed E-state index contributed by atoms with van der Waals surface area (Å²) >= 11 is 0. The zero-order valence-corrected chi connectivity index (χ0v) is 7.40. The zero-order chi connectivity index (χ0) is 9.97. The average Bonchev–Trinajstić information content (AvgIpc) is 2.47. The number of hydrogen-bond acceptors (Lipinski definition) is 3. The van der Waals surface area contributed by atoms with Gasteiger partial charge in [-0.05, 0) is 11.6 Å². The van der Waals surface area contributed by atoms with Crippen molar-refractivity contribution in [3.63, 3.8) is 0 Å². The highest BCUT2D eigenvalue weighted by Gasteiger charge is 2.26. The molecule has 1 aliphatic rings. The molecule has 1 aromatic rings. The summed E-state index contributed by atoms with van der Waals surface area (Å²) in [6, 6.07) is 9.36. The molecular formula is C11H8O3. The second-order valence-electron chi connectivity index (χ2n) is 3.02. The topological polar surface area (TPSA) is 43.4 Å². The smallest absolute Gasteiger partial charge is 0.342 e. The Morgan fingerprint density at radius 3 is 2.43 bits per heavy atom. The summed E-state index contributed by atoms with van der Waals surface area (Å²) in [5.74, 6) is -1.00. The number of carbonyl (C=O) groups excluding carboxylic acids is 2. The van der Waals surface area contributed by atoms with E-state index in [-0.39, 0.29) is 6.42 Å². The van der Waals surface area contributed by atoms with Crippen molar-refractivity contribution in [3.8, 4) is 0 Å².